The highest BCUT2D eigenvalue weighted by molar-refractivity contribution is 7.99. The van der Waals surface area contributed by atoms with Crippen LogP contribution in [-0.4, -0.2) is 34.6 Å². The van der Waals surface area contributed by atoms with E-state index in [1.807, 2.05) is 45.0 Å². The molecule has 162 valence electrons. The SMILES string of the molecule is CC[C@H](C(=O)NC(C)C)N(Cc1ccc(Cl)cc1)C(=O)CCSc1ccc(C)cc1. The van der Waals surface area contributed by atoms with Gasteiger partial charge in [0.25, 0.3) is 0 Å². The molecule has 30 heavy (non-hydrogen) atoms. The van der Waals surface area contributed by atoms with Crippen LogP contribution in [0.3, 0.4) is 0 Å². The van der Waals surface area contributed by atoms with Crippen LogP contribution in [0.2, 0.25) is 5.02 Å². The minimum Gasteiger partial charge on any atom is -0.352 e. The van der Waals surface area contributed by atoms with E-state index in [0.717, 1.165) is 10.5 Å². The van der Waals surface area contributed by atoms with Crippen LogP contribution in [0.15, 0.2) is 53.4 Å². The topological polar surface area (TPSA) is 49.4 Å². The number of carbonyl (C=O) groups excluding carboxylic acids is 2. The molecule has 0 heterocycles. The van der Waals surface area contributed by atoms with Crippen LogP contribution in [0.4, 0.5) is 0 Å². The number of amides is 2. The van der Waals surface area contributed by atoms with Gasteiger partial charge in [-0.15, -0.1) is 11.8 Å². The smallest absolute Gasteiger partial charge is 0.243 e. The van der Waals surface area contributed by atoms with Gasteiger partial charge in [0.15, 0.2) is 0 Å². The number of nitrogens with zero attached hydrogens (tertiary/aromatic N) is 1. The molecule has 0 radical (unpaired) electrons. The summed E-state index contributed by atoms with van der Waals surface area (Å²) in [4.78, 5) is 28.8. The summed E-state index contributed by atoms with van der Waals surface area (Å²) >= 11 is 7.65. The summed E-state index contributed by atoms with van der Waals surface area (Å²) in [7, 11) is 0. The second-order valence-electron chi connectivity index (χ2n) is 7.65. The number of hydrogen-bond donors (Lipinski definition) is 1. The highest BCUT2D eigenvalue weighted by atomic mass is 35.5. The van der Waals surface area contributed by atoms with Gasteiger partial charge in [-0.2, -0.15) is 0 Å². The summed E-state index contributed by atoms with van der Waals surface area (Å²) in [6.45, 7) is 8.23. The Hall–Kier alpha value is -1.98. The summed E-state index contributed by atoms with van der Waals surface area (Å²) in [6, 6.07) is 15.2. The second-order valence-corrected chi connectivity index (χ2v) is 9.25. The standard InChI is InChI=1S/C24H31ClN2O2S/c1-5-22(24(29)26-17(2)3)27(16-19-8-10-20(25)11-9-19)23(28)14-15-30-21-12-6-18(4)7-13-21/h6-13,17,22H,5,14-16H2,1-4H3,(H,26,29)/t22-/m1/s1. The average molecular weight is 447 g/mol. The Morgan fingerprint density at radius 2 is 1.70 bits per heavy atom. The van der Waals surface area contributed by atoms with Crippen molar-refractivity contribution in [1.29, 1.82) is 0 Å². The van der Waals surface area contributed by atoms with Crippen molar-refractivity contribution in [3.05, 3.63) is 64.7 Å². The van der Waals surface area contributed by atoms with Gasteiger partial charge in [0.05, 0.1) is 0 Å². The molecule has 2 amide bonds. The third-order valence-corrected chi connectivity index (χ3v) is 5.95. The molecule has 0 bridgehead atoms. The second kappa shape index (κ2) is 12.0. The lowest BCUT2D eigenvalue weighted by molar-refractivity contribution is -0.141. The van der Waals surface area contributed by atoms with Gasteiger partial charge in [-0.3, -0.25) is 9.59 Å². The Kier molecular flexibility index (Phi) is 9.73. The molecule has 0 unspecified atom stereocenters. The minimum absolute atomic E-state index is 0.0182. The highest BCUT2D eigenvalue weighted by Gasteiger charge is 2.28. The summed E-state index contributed by atoms with van der Waals surface area (Å²) in [5.74, 6) is 0.539. The molecule has 0 saturated carbocycles. The molecule has 0 spiro atoms. The maximum absolute atomic E-state index is 13.2. The molecule has 2 rings (SSSR count). The van der Waals surface area contributed by atoms with Gasteiger partial charge in [-0.1, -0.05) is 48.4 Å². The first-order valence-electron chi connectivity index (χ1n) is 10.3. The predicted molar refractivity (Wildman–Crippen MR) is 126 cm³/mol. The maximum Gasteiger partial charge on any atom is 0.243 e. The van der Waals surface area contributed by atoms with Gasteiger partial charge in [-0.05, 0) is 57.0 Å². The van der Waals surface area contributed by atoms with E-state index in [4.69, 9.17) is 11.6 Å². The van der Waals surface area contributed by atoms with Crippen LogP contribution in [0, 0.1) is 6.92 Å². The molecular formula is C24H31ClN2O2S. The largest absolute Gasteiger partial charge is 0.352 e. The molecule has 1 atom stereocenters. The number of benzene rings is 2. The van der Waals surface area contributed by atoms with E-state index in [1.54, 1.807) is 16.7 Å². The number of halogens is 1. The summed E-state index contributed by atoms with van der Waals surface area (Å²) in [5, 5.41) is 3.60. The number of hydrogen-bond acceptors (Lipinski definition) is 3. The Morgan fingerprint density at radius 1 is 1.07 bits per heavy atom. The van der Waals surface area contributed by atoms with E-state index in [2.05, 4.69) is 36.5 Å². The van der Waals surface area contributed by atoms with Crippen LogP contribution in [-0.2, 0) is 16.1 Å². The summed E-state index contributed by atoms with van der Waals surface area (Å²) in [6.07, 6.45) is 0.931. The summed E-state index contributed by atoms with van der Waals surface area (Å²) in [5.41, 5.74) is 2.17. The fraction of sp³-hybridized carbons (Fsp3) is 0.417. The fourth-order valence-electron chi connectivity index (χ4n) is 3.12. The first kappa shape index (κ1) is 24.3. The molecule has 0 aliphatic heterocycles. The zero-order valence-electron chi connectivity index (χ0n) is 18.2. The number of carbonyl (C=O) groups is 2. The van der Waals surface area contributed by atoms with Gasteiger partial charge in [0.1, 0.15) is 6.04 Å². The average Bonchev–Trinajstić information content (AvgIpc) is 2.70. The van der Waals surface area contributed by atoms with Gasteiger partial charge in [0, 0.05) is 34.7 Å². The van der Waals surface area contributed by atoms with Crippen molar-refractivity contribution in [3.8, 4) is 0 Å². The molecule has 0 saturated heterocycles. The molecule has 0 fully saturated rings. The van der Waals surface area contributed by atoms with E-state index in [0.29, 0.717) is 30.2 Å². The zero-order chi connectivity index (χ0) is 22.1. The third-order valence-electron chi connectivity index (χ3n) is 4.69. The molecule has 4 nitrogen and oxygen atoms in total. The molecular weight excluding hydrogens is 416 g/mol. The lowest BCUT2D eigenvalue weighted by Gasteiger charge is -2.31. The van der Waals surface area contributed by atoms with Gasteiger partial charge in [0.2, 0.25) is 11.8 Å². The van der Waals surface area contributed by atoms with Crippen molar-refractivity contribution < 1.29 is 9.59 Å². The normalized spacial score (nSPS) is 11.9. The monoisotopic (exact) mass is 446 g/mol. The first-order chi connectivity index (χ1) is 14.3. The van der Waals surface area contributed by atoms with Crippen molar-refractivity contribution in [3.63, 3.8) is 0 Å². The Bertz CT molecular complexity index is 822. The van der Waals surface area contributed by atoms with Crippen LogP contribution < -0.4 is 5.32 Å². The number of rotatable bonds is 10. The van der Waals surface area contributed by atoms with Gasteiger partial charge >= 0.3 is 0 Å². The molecule has 0 aliphatic carbocycles. The van der Waals surface area contributed by atoms with Gasteiger partial charge in [-0.25, -0.2) is 0 Å². The zero-order valence-corrected chi connectivity index (χ0v) is 19.7. The summed E-state index contributed by atoms with van der Waals surface area (Å²) < 4.78 is 0. The lowest BCUT2D eigenvalue weighted by atomic mass is 10.1. The Balaban J connectivity index is 2.11. The molecule has 0 aromatic heterocycles. The van der Waals surface area contributed by atoms with Crippen LogP contribution in [0.1, 0.15) is 44.7 Å². The van der Waals surface area contributed by atoms with Crippen molar-refractivity contribution in [1.82, 2.24) is 10.2 Å². The lowest BCUT2D eigenvalue weighted by Crippen LogP contribution is -2.50. The molecule has 6 heteroatoms. The van der Waals surface area contributed by atoms with Gasteiger partial charge < -0.3 is 10.2 Å². The minimum atomic E-state index is -0.500. The highest BCUT2D eigenvalue weighted by Crippen LogP contribution is 2.21. The van der Waals surface area contributed by atoms with E-state index in [1.165, 1.54) is 5.56 Å². The van der Waals surface area contributed by atoms with E-state index < -0.39 is 6.04 Å². The Morgan fingerprint density at radius 3 is 2.27 bits per heavy atom. The van der Waals surface area contributed by atoms with Crippen molar-refractivity contribution in [2.45, 2.75) is 64.1 Å². The van der Waals surface area contributed by atoms with E-state index >= 15 is 0 Å². The van der Waals surface area contributed by atoms with Crippen molar-refractivity contribution >= 4 is 35.2 Å². The van der Waals surface area contributed by atoms with Crippen LogP contribution >= 0.6 is 23.4 Å². The third kappa shape index (κ3) is 7.69. The number of aryl methyl sites for hydroxylation is 1. The van der Waals surface area contributed by atoms with E-state index in [9.17, 15) is 9.59 Å². The van der Waals surface area contributed by atoms with Crippen LogP contribution in [0.5, 0.6) is 0 Å². The molecule has 2 aromatic carbocycles. The predicted octanol–water partition coefficient (Wildman–Crippen LogP) is 5.46. The number of thioether (sulfide) groups is 1. The van der Waals surface area contributed by atoms with Crippen LogP contribution in [0.25, 0.3) is 0 Å². The quantitative estimate of drug-likeness (QED) is 0.493. The van der Waals surface area contributed by atoms with Crippen molar-refractivity contribution in [2.75, 3.05) is 5.75 Å². The fourth-order valence-corrected chi connectivity index (χ4v) is 4.09. The van der Waals surface area contributed by atoms with Crippen molar-refractivity contribution in [2.24, 2.45) is 0 Å². The Labute approximate surface area is 189 Å². The first-order valence-corrected chi connectivity index (χ1v) is 11.7. The molecule has 0 aliphatic rings. The van der Waals surface area contributed by atoms with E-state index in [-0.39, 0.29) is 17.9 Å². The molecule has 2 aromatic rings. The maximum atomic E-state index is 13.2. The number of nitrogens with one attached hydrogen (secondary N) is 1. The molecule has 1 N–H and O–H groups in total.